The zero-order valence-electron chi connectivity index (χ0n) is 11.9. The number of hydrogen-bond donors (Lipinski definition) is 1. The van der Waals surface area contributed by atoms with Crippen LogP contribution in [0, 0.1) is 5.92 Å². The largest absolute Gasteiger partial charge is 0.342 e. The summed E-state index contributed by atoms with van der Waals surface area (Å²) in [5.41, 5.74) is 2.33. The van der Waals surface area contributed by atoms with E-state index in [0.29, 0.717) is 23.7 Å². The molecule has 0 bridgehead atoms. The van der Waals surface area contributed by atoms with Crippen molar-refractivity contribution in [3.63, 3.8) is 0 Å². The molecule has 4 nitrogen and oxygen atoms in total. The Hall–Kier alpha value is -1.32. The maximum atomic E-state index is 12.2. The Bertz CT molecular complexity index is 462. The van der Waals surface area contributed by atoms with Gasteiger partial charge in [-0.25, -0.2) is 0 Å². The number of aromatic nitrogens is 2. The Morgan fingerprint density at radius 2 is 2.21 bits per heavy atom. The third kappa shape index (κ3) is 2.67. The summed E-state index contributed by atoms with van der Waals surface area (Å²) in [6, 6.07) is 2.18. The highest BCUT2D eigenvalue weighted by Crippen LogP contribution is 2.34. The van der Waals surface area contributed by atoms with E-state index in [2.05, 4.69) is 35.0 Å². The fourth-order valence-electron chi connectivity index (χ4n) is 2.88. The molecule has 1 aliphatic carbocycles. The fourth-order valence-corrected chi connectivity index (χ4v) is 2.88. The zero-order chi connectivity index (χ0) is 13.4. The van der Waals surface area contributed by atoms with Crippen LogP contribution in [0.25, 0.3) is 0 Å². The molecule has 1 aromatic heterocycles. The summed E-state index contributed by atoms with van der Waals surface area (Å²) in [5.74, 6) is 1.62. The highest BCUT2D eigenvalue weighted by atomic mass is 16.2. The number of nitrogens with one attached hydrogen (secondary N) is 1. The van der Waals surface area contributed by atoms with Gasteiger partial charge in [0.05, 0.1) is 5.69 Å². The zero-order valence-corrected chi connectivity index (χ0v) is 11.9. The van der Waals surface area contributed by atoms with E-state index in [4.69, 9.17) is 0 Å². The number of hydrogen-bond acceptors (Lipinski definition) is 2. The second kappa shape index (κ2) is 4.99. The Morgan fingerprint density at radius 3 is 2.84 bits per heavy atom. The monoisotopic (exact) mass is 261 g/mol. The van der Waals surface area contributed by atoms with Crippen molar-refractivity contribution < 1.29 is 4.79 Å². The van der Waals surface area contributed by atoms with E-state index in [9.17, 15) is 4.79 Å². The lowest BCUT2D eigenvalue weighted by molar-refractivity contribution is -0.133. The van der Waals surface area contributed by atoms with Gasteiger partial charge >= 0.3 is 0 Å². The highest BCUT2D eigenvalue weighted by molar-refractivity contribution is 5.81. The van der Waals surface area contributed by atoms with Crippen molar-refractivity contribution in [3.8, 4) is 0 Å². The second-order valence-electron chi connectivity index (χ2n) is 6.30. The van der Waals surface area contributed by atoms with Crippen molar-refractivity contribution in [1.29, 1.82) is 0 Å². The smallest absolute Gasteiger partial charge is 0.225 e. The number of piperidine rings is 1. The lowest BCUT2D eigenvalue weighted by atomic mass is 9.94. The van der Waals surface area contributed by atoms with Crippen molar-refractivity contribution in [2.24, 2.45) is 5.92 Å². The Morgan fingerprint density at radius 1 is 1.42 bits per heavy atom. The number of aromatic amines is 1. The molecule has 0 radical (unpaired) electrons. The van der Waals surface area contributed by atoms with Gasteiger partial charge in [0.25, 0.3) is 0 Å². The molecular weight excluding hydrogens is 238 g/mol. The Balaban J connectivity index is 1.68. The molecule has 1 amide bonds. The van der Waals surface area contributed by atoms with Crippen molar-refractivity contribution in [3.05, 3.63) is 17.5 Å². The molecule has 1 unspecified atom stereocenters. The van der Waals surface area contributed by atoms with Crippen LogP contribution in [0.2, 0.25) is 0 Å². The third-order valence-corrected chi connectivity index (χ3v) is 4.31. The molecule has 0 aromatic carbocycles. The minimum absolute atomic E-state index is 0.340. The summed E-state index contributed by atoms with van der Waals surface area (Å²) in [7, 11) is 0. The number of H-pyrrole nitrogens is 1. The van der Waals surface area contributed by atoms with Gasteiger partial charge in [-0.15, -0.1) is 0 Å². The molecular formula is C15H23N3O. The van der Waals surface area contributed by atoms with Crippen molar-refractivity contribution in [2.45, 2.75) is 51.4 Å². The van der Waals surface area contributed by atoms with E-state index in [1.54, 1.807) is 0 Å². The minimum atomic E-state index is 0.340. The summed E-state index contributed by atoms with van der Waals surface area (Å²) in [5, 5.41) is 7.55. The lowest BCUT2D eigenvalue weighted by Crippen LogP contribution is -2.40. The van der Waals surface area contributed by atoms with Gasteiger partial charge in [0.15, 0.2) is 0 Å². The predicted octanol–water partition coefficient (Wildman–Crippen LogP) is 2.65. The molecule has 2 heterocycles. The molecule has 1 saturated carbocycles. The fraction of sp³-hybridized carbons (Fsp3) is 0.733. The molecule has 1 N–H and O–H groups in total. The molecule has 1 atom stereocenters. The average molecular weight is 261 g/mol. The quantitative estimate of drug-likeness (QED) is 0.909. The van der Waals surface area contributed by atoms with E-state index in [-0.39, 0.29) is 0 Å². The van der Waals surface area contributed by atoms with Crippen LogP contribution in [0.1, 0.15) is 62.8 Å². The number of carbonyl (C=O) groups is 1. The molecule has 1 saturated heterocycles. The second-order valence-corrected chi connectivity index (χ2v) is 6.30. The van der Waals surface area contributed by atoms with Crippen LogP contribution in [0.4, 0.5) is 0 Å². The van der Waals surface area contributed by atoms with Crippen molar-refractivity contribution >= 4 is 5.91 Å². The molecule has 0 spiro atoms. The molecule has 19 heavy (non-hydrogen) atoms. The molecule has 4 heteroatoms. The van der Waals surface area contributed by atoms with Crippen LogP contribution >= 0.6 is 0 Å². The summed E-state index contributed by atoms with van der Waals surface area (Å²) in [6.45, 7) is 6.12. The molecule has 1 aliphatic heterocycles. The van der Waals surface area contributed by atoms with Gasteiger partial charge in [0.1, 0.15) is 0 Å². The summed E-state index contributed by atoms with van der Waals surface area (Å²) in [6.07, 6.45) is 4.47. The first-order valence-corrected chi connectivity index (χ1v) is 7.49. The molecule has 2 fully saturated rings. The van der Waals surface area contributed by atoms with E-state index in [1.165, 1.54) is 5.69 Å². The van der Waals surface area contributed by atoms with Crippen LogP contribution in [-0.2, 0) is 4.79 Å². The normalized spacial score (nSPS) is 23.9. The summed E-state index contributed by atoms with van der Waals surface area (Å²) >= 11 is 0. The van der Waals surface area contributed by atoms with Crippen LogP contribution in [-0.4, -0.2) is 34.1 Å². The first-order valence-electron chi connectivity index (χ1n) is 7.49. The van der Waals surface area contributed by atoms with E-state index in [0.717, 1.165) is 44.5 Å². The number of likely N-dealkylation sites (tertiary alicyclic amines) is 1. The molecule has 3 rings (SSSR count). The van der Waals surface area contributed by atoms with Gasteiger partial charge < -0.3 is 4.90 Å². The minimum Gasteiger partial charge on any atom is -0.342 e. The van der Waals surface area contributed by atoms with Crippen LogP contribution < -0.4 is 0 Å². The van der Waals surface area contributed by atoms with E-state index in [1.807, 2.05) is 0 Å². The van der Waals surface area contributed by atoms with Gasteiger partial charge in [-0.1, -0.05) is 13.8 Å². The van der Waals surface area contributed by atoms with Gasteiger partial charge in [-0.05, 0) is 37.7 Å². The maximum absolute atomic E-state index is 12.2. The molecule has 2 aliphatic rings. The number of nitrogens with zero attached hydrogens (tertiary/aromatic N) is 2. The van der Waals surface area contributed by atoms with E-state index >= 15 is 0 Å². The Kier molecular flexibility index (Phi) is 3.33. The van der Waals surface area contributed by atoms with Crippen LogP contribution in [0.3, 0.4) is 0 Å². The topological polar surface area (TPSA) is 49.0 Å². The Labute approximate surface area is 114 Å². The number of amides is 1. The number of rotatable bonds is 3. The number of carbonyl (C=O) groups excluding carboxylic acids is 1. The van der Waals surface area contributed by atoms with E-state index < -0.39 is 0 Å². The van der Waals surface area contributed by atoms with Gasteiger partial charge in [0.2, 0.25) is 5.91 Å². The highest BCUT2D eigenvalue weighted by Gasteiger charge is 2.35. The SMILES string of the molecule is CC(C)c1cc(C2CCCN(C(=O)C3CC3)C2)[nH]n1. The van der Waals surface area contributed by atoms with Crippen molar-refractivity contribution in [2.75, 3.05) is 13.1 Å². The van der Waals surface area contributed by atoms with Crippen LogP contribution in [0.5, 0.6) is 0 Å². The lowest BCUT2D eigenvalue weighted by Gasteiger charge is -2.32. The average Bonchev–Trinajstić information content (AvgIpc) is 3.14. The first-order chi connectivity index (χ1) is 9.15. The molecule has 104 valence electrons. The third-order valence-electron chi connectivity index (χ3n) is 4.31. The predicted molar refractivity (Wildman–Crippen MR) is 74.0 cm³/mol. The standard InChI is InChI=1S/C15H23N3O/c1-10(2)13-8-14(17-16-13)12-4-3-7-18(9-12)15(19)11-5-6-11/h8,10-12H,3-7,9H2,1-2H3,(H,16,17). The van der Waals surface area contributed by atoms with Crippen LogP contribution in [0.15, 0.2) is 6.07 Å². The van der Waals surface area contributed by atoms with Gasteiger partial charge in [-0.3, -0.25) is 9.89 Å². The summed E-state index contributed by atoms with van der Waals surface area (Å²) < 4.78 is 0. The summed E-state index contributed by atoms with van der Waals surface area (Å²) in [4.78, 5) is 14.2. The maximum Gasteiger partial charge on any atom is 0.225 e. The van der Waals surface area contributed by atoms with Gasteiger partial charge in [-0.2, -0.15) is 5.10 Å². The van der Waals surface area contributed by atoms with Gasteiger partial charge in [0, 0.05) is 30.6 Å². The molecule has 1 aromatic rings. The first kappa shape index (κ1) is 12.7. The van der Waals surface area contributed by atoms with Crippen molar-refractivity contribution in [1.82, 2.24) is 15.1 Å².